The van der Waals surface area contributed by atoms with E-state index in [4.69, 9.17) is 0 Å². The van der Waals surface area contributed by atoms with E-state index in [1.54, 1.807) is 24.3 Å². The Morgan fingerprint density at radius 1 is 1.10 bits per heavy atom. The normalized spacial score (nSPS) is 21.6. The highest BCUT2D eigenvalue weighted by Crippen LogP contribution is 2.31. The molecular weight excluding hydrogens is 266 g/mol. The number of carbonyl (C=O) groups excluding carboxylic acids is 1. The standard InChI is InChI=1S/C17H17NO3/c19-14-10-12-8-4-5-9-13(12)15(14)18-17(21)16(20)11-6-2-1-3-7-11/h1-9,14-16,19-20H,10H2,(H,18,21)/t14-,15+,16+/m0/s1. The summed E-state index contributed by atoms with van der Waals surface area (Å²) in [6.07, 6.45) is -1.37. The smallest absolute Gasteiger partial charge is 0.254 e. The van der Waals surface area contributed by atoms with Gasteiger partial charge in [0.15, 0.2) is 6.10 Å². The van der Waals surface area contributed by atoms with E-state index in [0.29, 0.717) is 12.0 Å². The Labute approximate surface area is 123 Å². The van der Waals surface area contributed by atoms with Gasteiger partial charge in [0.2, 0.25) is 0 Å². The SMILES string of the molecule is O=C(N[C@@H]1c2ccccc2C[C@@H]1O)[C@H](O)c1ccccc1. The van der Waals surface area contributed by atoms with Crippen molar-refractivity contribution in [2.75, 3.05) is 0 Å². The minimum absolute atomic E-state index is 0.466. The zero-order chi connectivity index (χ0) is 14.8. The lowest BCUT2D eigenvalue weighted by Gasteiger charge is -2.20. The highest BCUT2D eigenvalue weighted by molar-refractivity contribution is 5.82. The van der Waals surface area contributed by atoms with E-state index in [1.807, 2.05) is 30.3 Å². The number of amides is 1. The monoisotopic (exact) mass is 283 g/mol. The average Bonchev–Trinajstić information content (AvgIpc) is 2.83. The molecule has 4 heteroatoms. The number of fused-ring (bicyclic) bond motifs is 1. The summed E-state index contributed by atoms with van der Waals surface area (Å²) in [4.78, 5) is 12.2. The third kappa shape index (κ3) is 2.68. The summed E-state index contributed by atoms with van der Waals surface area (Å²) >= 11 is 0. The van der Waals surface area contributed by atoms with Crippen LogP contribution in [0.15, 0.2) is 54.6 Å². The molecule has 108 valence electrons. The van der Waals surface area contributed by atoms with Crippen molar-refractivity contribution in [3.63, 3.8) is 0 Å². The Morgan fingerprint density at radius 2 is 1.76 bits per heavy atom. The number of aliphatic hydroxyl groups excluding tert-OH is 2. The second-order valence-corrected chi connectivity index (χ2v) is 5.27. The first-order valence-electron chi connectivity index (χ1n) is 6.96. The topological polar surface area (TPSA) is 69.6 Å². The van der Waals surface area contributed by atoms with Crippen molar-refractivity contribution in [1.29, 1.82) is 0 Å². The average molecular weight is 283 g/mol. The Morgan fingerprint density at radius 3 is 2.52 bits per heavy atom. The predicted molar refractivity (Wildman–Crippen MR) is 78.4 cm³/mol. The molecule has 0 fully saturated rings. The molecule has 4 nitrogen and oxygen atoms in total. The molecule has 0 aliphatic heterocycles. The Bertz CT molecular complexity index is 641. The van der Waals surface area contributed by atoms with Gasteiger partial charge in [-0.05, 0) is 16.7 Å². The molecule has 0 bridgehead atoms. The summed E-state index contributed by atoms with van der Waals surface area (Å²) in [5.74, 6) is -0.498. The molecule has 0 aromatic heterocycles. The molecule has 0 saturated carbocycles. The van der Waals surface area contributed by atoms with Gasteiger partial charge in [-0.2, -0.15) is 0 Å². The lowest BCUT2D eigenvalue weighted by Crippen LogP contribution is -2.37. The number of benzene rings is 2. The van der Waals surface area contributed by atoms with Gasteiger partial charge in [-0.1, -0.05) is 54.6 Å². The number of nitrogens with one attached hydrogen (secondary N) is 1. The molecule has 3 atom stereocenters. The van der Waals surface area contributed by atoms with E-state index in [2.05, 4.69) is 5.32 Å². The lowest BCUT2D eigenvalue weighted by atomic mass is 10.1. The van der Waals surface area contributed by atoms with Crippen molar-refractivity contribution in [2.24, 2.45) is 0 Å². The third-order valence-electron chi connectivity index (χ3n) is 3.87. The molecular formula is C17H17NO3. The molecule has 1 aliphatic carbocycles. The van der Waals surface area contributed by atoms with Gasteiger partial charge < -0.3 is 15.5 Å². The molecule has 1 amide bonds. The minimum atomic E-state index is -1.23. The maximum atomic E-state index is 12.2. The summed E-state index contributed by atoms with van der Waals surface area (Å²) in [5.41, 5.74) is 2.49. The molecule has 2 aromatic carbocycles. The lowest BCUT2D eigenvalue weighted by molar-refractivity contribution is -0.131. The molecule has 21 heavy (non-hydrogen) atoms. The summed E-state index contributed by atoms with van der Waals surface area (Å²) in [5, 5.41) is 22.9. The van der Waals surface area contributed by atoms with E-state index in [1.165, 1.54) is 0 Å². The fourth-order valence-corrected chi connectivity index (χ4v) is 2.77. The maximum Gasteiger partial charge on any atom is 0.254 e. The van der Waals surface area contributed by atoms with Crippen LogP contribution in [-0.2, 0) is 11.2 Å². The molecule has 3 N–H and O–H groups in total. The first-order chi connectivity index (χ1) is 10.2. The molecule has 0 unspecified atom stereocenters. The first-order valence-corrected chi connectivity index (χ1v) is 6.96. The van der Waals surface area contributed by atoms with Crippen LogP contribution in [0.25, 0.3) is 0 Å². The van der Waals surface area contributed by atoms with E-state index in [9.17, 15) is 15.0 Å². The van der Waals surface area contributed by atoms with Crippen molar-refractivity contribution >= 4 is 5.91 Å². The number of aliphatic hydroxyl groups is 2. The largest absolute Gasteiger partial charge is 0.390 e. The second-order valence-electron chi connectivity index (χ2n) is 5.27. The van der Waals surface area contributed by atoms with Crippen molar-refractivity contribution < 1.29 is 15.0 Å². The van der Waals surface area contributed by atoms with Gasteiger partial charge in [-0.25, -0.2) is 0 Å². The maximum absolute atomic E-state index is 12.2. The Balaban J connectivity index is 1.76. The van der Waals surface area contributed by atoms with Crippen LogP contribution >= 0.6 is 0 Å². The van der Waals surface area contributed by atoms with Gasteiger partial charge in [0, 0.05) is 6.42 Å². The summed E-state index contributed by atoms with van der Waals surface area (Å²) in [6, 6.07) is 15.9. The second kappa shape index (κ2) is 5.68. The fourth-order valence-electron chi connectivity index (χ4n) is 2.77. The van der Waals surface area contributed by atoms with Gasteiger partial charge in [0.25, 0.3) is 5.91 Å². The first kappa shape index (κ1) is 13.8. The van der Waals surface area contributed by atoms with Crippen LogP contribution in [0, 0.1) is 0 Å². The summed E-state index contributed by atoms with van der Waals surface area (Å²) in [7, 11) is 0. The van der Waals surface area contributed by atoms with Crippen LogP contribution in [0.1, 0.15) is 28.8 Å². The van der Waals surface area contributed by atoms with Gasteiger partial charge >= 0.3 is 0 Å². The quantitative estimate of drug-likeness (QED) is 0.799. The zero-order valence-electron chi connectivity index (χ0n) is 11.4. The van der Waals surface area contributed by atoms with Crippen LogP contribution in [0.5, 0.6) is 0 Å². The molecule has 2 aromatic rings. The third-order valence-corrected chi connectivity index (χ3v) is 3.87. The van der Waals surface area contributed by atoms with Crippen molar-refractivity contribution in [3.8, 4) is 0 Å². The van der Waals surface area contributed by atoms with Crippen molar-refractivity contribution in [3.05, 3.63) is 71.3 Å². The highest BCUT2D eigenvalue weighted by atomic mass is 16.3. The van der Waals surface area contributed by atoms with Gasteiger partial charge in [0.05, 0.1) is 12.1 Å². The van der Waals surface area contributed by atoms with E-state index in [-0.39, 0.29) is 0 Å². The fraction of sp³-hybridized carbons (Fsp3) is 0.235. The molecule has 0 radical (unpaired) electrons. The number of hydrogen-bond acceptors (Lipinski definition) is 3. The number of carbonyl (C=O) groups is 1. The van der Waals surface area contributed by atoms with Gasteiger partial charge in [-0.3, -0.25) is 4.79 Å². The summed E-state index contributed by atoms with van der Waals surface area (Å²) in [6.45, 7) is 0. The van der Waals surface area contributed by atoms with Crippen LogP contribution in [0.4, 0.5) is 0 Å². The van der Waals surface area contributed by atoms with Gasteiger partial charge in [-0.15, -0.1) is 0 Å². The van der Waals surface area contributed by atoms with E-state index >= 15 is 0 Å². The highest BCUT2D eigenvalue weighted by Gasteiger charge is 2.33. The molecule has 3 rings (SSSR count). The van der Waals surface area contributed by atoms with Crippen LogP contribution in [0.3, 0.4) is 0 Å². The van der Waals surface area contributed by atoms with Crippen molar-refractivity contribution in [1.82, 2.24) is 5.32 Å². The molecule has 0 saturated heterocycles. The van der Waals surface area contributed by atoms with Crippen LogP contribution in [-0.4, -0.2) is 22.2 Å². The van der Waals surface area contributed by atoms with Crippen molar-refractivity contribution in [2.45, 2.75) is 24.7 Å². The Hall–Kier alpha value is -2.17. The van der Waals surface area contributed by atoms with Gasteiger partial charge in [0.1, 0.15) is 0 Å². The summed E-state index contributed by atoms with van der Waals surface area (Å²) < 4.78 is 0. The predicted octanol–water partition coefficient (Wildman–Crippen LogP) is 1.49. The van der Waals surface area contributed by atoms with Crippen LogP contribution in [0.2, 0.25) is 0 Å². The number of rotatable bonds is 3. The van der Waals surface area contributed by atoms with E-state index < -0.39 is 24.2 Å². The molecule has 0 heterocycles. The van der Waals surface area contributed by atoms with Crippen LogP contribution < -0.4 is 5.32 Å². The van der Waals surface area contributed by atoms with E-state index in [0.717, 1.165) is 11.1 Å². The Kier molecular flexibility index (Phi) is 3.73. The number of hydrogen-bond donors (Lipinski definition) is 3. The molecule has 1 aliphatic rings. The zero-order valence-corrected chi connectivity index (χ0v) is 11.4. The minimum Gasteiger partial charge on any atom is -0.390 e. The molecule has 0 spiro atoms.